The van der Waals surface area contributed by atoms with Crippen LogP contribution >= 0.6 is 11.6 Å². The number of aromatic nitrogens is 1. The number of esters is 1. The normalized spacial score (nSPS) is 21.5. The third-order valence-corrected chi connectivity index (χ3v) is 8.69. The average molecular weight is 464 g/mol. The Morgan fingerprint density at radius 1 is 1.19 bits per heavy atom. The summed E-state index contributed by atoms with van der Waals surface area (Å²) in [4.78, 5) is 25.8. The first-order chi connectivity index (χ1) is 14.6. The summed E-state index contributed by atoms with van der Waals surface area (Å²) in [5.41, 5.74) is 2.19. The lowest BCUT2D eigenvalue weighted by molar-refractivity contribution is -0.153. The molecule has 1 saturated heterocycles. The highest BCUT2D eigenvalue weighted by molar-refractivity contribution is 7.91. The maximum absolute atomic E-state index is 12.9. The maximum atomic E-state index is 12.9. The highest BCUT2D eigenvalue weighted by Gasteiger charge is 2.47. The molecule has 166 valence electrons. The fourth-order valence-corrected chi connectivity index (χ4v) is 6.68. The number of ketones is 1. The van der Waals surface area contributed by atoms with Crippen LogP contribution in [0.4, 0.5) is 0 Å². The summed E-state index contributed by atoms with van der Waals surface area (Å²) in [6.45, 7) is 3.35. The molecule has 0 N–H and O–H groups in total. The van der Waals surface area contributed by atoms with Gasteiger partial charge in [0.25, 0.3) is 0 Å². The molecule has 1 saturated carbocycles. The van der Waals surface area contributed by atoms with Crippen LogP contribution in [-0.2, 0) is 24.8 Å². The number of rotatable bonds is 6. The van der Waals surface area contributed by atoms with Crippen LogP contribution in [0.1, 0.15) is 59.0 Å². The van der Waals surface area contributed by atoms with Crippen molar-refractivity contribution in [2.24, 2.45) is 0 Å². The molecule has 2 heterocycles. The Kier molecular flexibility index (Phi) is 5.77. The molecule has 1 aliphatic carbocycles. The van der Waals surface area contributed by atoms with E-state index in [4.69, 9.17) is 16.3 Å². The van der Waals surface area contributed by atoms with Crippen molar-refractivity contribution in [1.29, 1.82) is 0 Å². The van der Waals surface area contributed by atoms with Crippen LogP contribution in [0, 0.1) is 13.8 Å². The summed E-state index contributed by atoms with van der Waals surface area (Å²) in [5, 5.41) is 0.604. The molecule has 2 aliphatic rings. The predicted octanol–water partition coefficient (Wildman–Crippen LogP) is 3.97. The summed E-state index contributed by atoms with van der Waals surface area (Å²) < 4.78 is 31.2. The number of carbonyl (C=O) groups is 2. The molecule has 0 amide bonds. The van der Waals surface area contributed by atoms with E-state index in [1.165, 1.54) is 0 Å². The number of nitrogens with zero attached hydrogens (tertiary/aromatic N) is 1. The Morgan fingerprint density at radius 2 is 1.87 bits per heavy atom. The van der Waals surface area contributed by atoms with E-state index >= 15 is 0 Å². The van der Waals surface area contributed by atoms with Crippen LogP contribution in [0.15, 0.2) is 30.3 Å². The molecule has 8 heteroatoms. The third kappa shape index (κ3) is 4.05. The van der Waals surface area contributed by atoms with Crippen LogP contribution < -0.4 is 0 Å². The Balaban J connectivity index is 1.47. The van der Waals surface area contributed by atoms with Gasteiger partial charge < -0.3 is 9.30 Å². The minimum Gasteiger partial charge on any atom is -0.457 e. The number of benzene rings is 1. The van der Waals surface area contributed by atoms with Gasteiger partial charge in [0.2, 0.25) is 5.78 Å². The van der Waals surface area contributed by atoms with Gasteiger partial charge >= 0.3 is 5.97 Å². The zero-order chi connectivity index (χ0) is 22.4. The second-order valence-corrected chi connectivity index (χ2v) is 11.3. The van der Waals surface area contributed by atoms with Crippen molar-refractivity contribution < 1.29 is 22.7 Å². The molecule has 1 aromatic heterocycles. The van der Waals surface area contributed by atoms with Crippen molar-refractivity contribution >= 4 is 33.2 Å². The molecule has 1 atom stereocenters. The van der Waals surface area contributed by atoms with Gasteiger partial charge in [-0.3, -0.25) is 9.59 Å². The van der Waals surface area contributed by atoms with E-state index in [2.05, 4.69) is 0 Å². The van der Waals surface area contributed by atoms with Gasteiger partial charge in [-0.15, -0.1) is 0 Å². The first kappa shape index (κ1) is 22.1. The quantitative estimate of drug-likeness (QED) is 0.478. The minimum absolute atomic E-state index is 0.0928. The van der Waals surface area contributed by atoms with Crippen LogP contribution in [0.5, 0.6) is 0 Å². The fraction of sp³-hybridized carbons (Fsp3) is 0.478. The van der Waals surface area contributed by atoms with Crippen molar-refractivity contribution in [1.82, 2.24) is 4.57 Å². The van der Waals surface area contributed by atoms with Gasteiger partial charge in [-0.25, -0.2) is 8.42 Å². The van der Waals surface area contributed by atoms with E-state index in [1.54, 1.807) is 18.2 Å². The summed E-state index contributed by atoms with van der Waals surface area (Å²) in [6.07, 6.45) is 2.85. The van der Waals surface area contributed by atoms with Crippen LogP contribution in [0.3, 0.4) is 0 Å². The first-order valence-electron chi connectivity index (χ1n) is 10.5. The molecule has 2 aromatic rings. The van der Waals surface area contributed by atoms with Crippen molar-refractivity contribution in [2.45, 2.75) is 51.0 Å². The van der Waals surface area contributed by atoms with Gasteiger partial charge in [-0.1, -0.05) is 30.2 Å². The highest BCUT2D eigenvalue weighted by Crippen LogP contribution is 2.45. The van der Waals surface area contributed by atoms with Crippen molar-refractivity contribution in [3.8, 4) is 0 Å². The minimum atomic E-state index is -3.03. The Bertz CT molecular complexity index is 1130. The molecule has 6 nitrogen and oxygen atoms in total. The fourth-order valence-electron chi connectivity index (χ4n) is 4.86. The third-order valence-electron chi connectivity index (χ3n) is 6.69. The van der Waals surface area contributed by atoms with Crippen molar-refractivity contribution in [3.63, 3.8) is 0 Å². The Labute approximate surface area is 187 Å². The molecule has 31 heavy (non-hydrogen) atoms. The standard InChI is InChI=1S/C23H26ClNO5S/c1-15-12-20(16(2)25(15)19-8-11-31(28,29)14-19)21(26)13-30-22(27)23(9-3-10-23)17-4-6-18(24)7-5-17/h4-7,12,19H,3,8-11,13-14H2,1-2H3. The molecule has 0 spiro atoms. The van der Waals surface area contributed by atoms with Crippen LogP contribution in [0.2, 0.25) is 5.02 Å². The predicted molar refractivity (Wildman–Crippen MR) is 118 cm³/mol. The molecule has 1 unspecified atom stereocenters. The van der Waals surface area contributed by atoms with E-state index in [0.29, 0.717) is 29.8 Å². The second-order valence-electron chi connectivity index (χ2n) is 8.65. The van der Waals surface area contributed by atoms with Gasteiger partial charge in [-0.05, 0) is 56.9 Å². The van der Waals surface area contributed by atoms with Crippen LogP contribution in [-0.4, -0.2) is 42.9 Å². The van der Waals surface area contributed by atoms with E-state index in [0.717, 1.165) is 23.4 Å². The molecular formula is C23H26ClNO5S. The summed E-state index contributed by atoms with van der Waals surface area (Å²) in [7, 11) is -3.03. The van der Waals surface area contributed by atoms with Gasteiger partial charge in [-0.2, -0.15) is 0 Å². The number of hydrogen-bond donors (Lipinski definition) is 0. The number of sulfone groups is 1. The van der Waals surface area contributed by atoms with E-state index < -0.39 is 15.3 Å². The van der Waals surface area contributed by atoms with Gasteiger partial charge in [0.1, 0.15) is 0 Å². The summed E-state index contributed by atoms with van der Waals surface area (Å²) >= 11 is 5.97. The zero-order valence-corrected chi connectivity index (χ0v) is 19.3. The number of Topliss-reactive ketones (excluding diaryl/α,β-unsaturated/α-hetero) is 1. The van der Waals surface area contributed by atoms with E-state index in [1.807, 2.05) is 30.5 Å². The lowest BCUT2D eigenvalue weighted by atomic mass is 9.64. The summed E-state index contributed by atoms with van der Waals surface area (Å²) in [6, 6.07) is 8.80. The Morgan fingerprint density at radius 3 is 2.42 bits per heavy atom. The smallest absolute Gasteiger partial charge is 0.317 e. The van der Waals surface area contributed by atoms with Crippen molar-refractivity contribution in [2.75, 3.05) is 18.1 Å². The number of aryl methyl sites for hydroxylation is 1. The molecule has 4 rings (SSSR count). The van der Waals surface area contributed by atoms with Gasteiger partial charge in [0.15, 0.2) is 16.4 Å². The largest absolute Gasteiger partial charge is 0.457 e. The first-order valence-corrected chi connectivity index (χ1v) is 12.7. The molecule has 1 aliphatic heterocycles. The lowest BCUT2D eigenvalue weighted by Crippen LogP contribution is -2.44. The molecule has 0 bridgehead atoms. The SMILES string of the molecule is Cc1cc(C(=O)COC(=O)C2(c3ccc(Cl)cc3)CCC2)c(C)n1C1CCS(=O)(=O)C1. The molecule has 1 aromatic carbocycles. The number of carbonyl (C=O) groups excluding carboxylic acids is 2. The maximum Gasteiger partial charge on any atom is 0.317 e. The number of ether oxygens (including phenoxy) is 1. The molecule has 2 fully saturated rings. The lowest BCUT2D eigenvalue weighted by Gasteiger charge is -2.39. The monoisotopic (exact) mass is 463 g/mol. The topological polar surface area (TPSA) is 82.4 Å². The van der Waals surface area contributed by atoms with E-state index in [9.17, 15) is 18.0 Å². The second kappa shape index (κ2) is 8.10. The summed E-state index contributed by atoms with van der Waals surface area (Å²) in [5.74, 6) is -0.401. The van der Waals surface area contributed by atoms with E-state index in [-0.39, 0.29) is 35.9 Å². The van der Waals surface area contributed by atoms with Crippen molar-refractivity contribution in [3.05, 3.63) is 57.9 Å². The van der Waals surface area contributed by atoms with Gasteiger partial charge in [0, 0.05) is 28.0 Å². The molecule has 0 radical (unpaired) electrons. The Hall–Kier alpha value is -2.12. The number of hydrogen-bond acceptors (Lipinski definition) is 5. The van der Waals surface area contributed by atoms with Gasteiger partial charge in [0.05, 0.1) is 16.9 Å². The number of halogens is 1. The molecular weight excluding hydrogens is 438 g/mol. The highest BCUT2D eigenvalue weighted by atomic mass is 35.5. The zero-order valence-electron chi connectivity index (χ0n) is 17.7. The van der Waals surface area contributed by atoms with Crippen LogP contribution in [0.25, 0.3) is 0 Å². The average Bonchev–Trinajstić information content (AvgIpc) is 3.18.